The molecule has 0 aliphatic rings. The Balaban J connectivity index is 4.00. The average Bonchev–Trinajstić information content (AvgIpc) is 2.00. The van der Waals surface area contributed by atoms with E-state index in [0.717, 1.165) is 0 Å². The first kappa shape index (κ1) is 11.2. The number of amides is 1. The van der Waals surface area contributed by atoms with Gasteiger partial charge in [0.05, 0.1) is 11.8 Å². The maximum atomic E-state index is 10.6. The third-order valence-corrected chi connectivity index (χ3v) is 1.60. The summed E-state index contributed by atoms with van der Waals surface area (Å²) in [6.07, 6.45) is -0.434. The van der Waals surface area contributed by atoms with E-state index in [1.807, 2.05) is 0 Å². The smallest absolute Gasteiger partial charge is 0.304 e. The predicted molar refractivity (Wildman–Crippen MR) is 39.8 cm³/mol. The number of nitrogens with one attached hydrogen (secondary N) is 1. The van der Waals surface area contributed by atoms with Crippen LogP contribution in [-0.2, 0) is 9.59 Å². The van der Waals surface area contributed by atoms with Crippen LogP contribution in [0.1, 0.15) is 6.42 Å². The fourth-order valence-electron chi connectivity index (χ4n) is 0.533. The number of halogens is 1. The van der Waals surface area contributed by atoms with Crippen molar-refractivity contribution < 1.29 is 19.9 Å². The molecule has 1 amide bonds. The van der Waals surface area contributed by atoms with Crippen molar-refractivity contribution in [3.8, 4) is 0 Å². The van der Waals surface area contributed by atoms with Gasteiger partial charge < -0.3 is 10.8 Å². The summed E-state index contributed by atoms with van der Waals surface area (Å²) in [5.74, 6) is -2.06. The minimum absolute atomic E-state index is 0.434. The van der Waals surface area contributed by atoms with E-state index in [-0.39, 0.29) is 0 Å². The lowest BCUT2D eigenvalue weighted by Crippen LogP contribution is -2.45. The first-order valence-electron chi connectivity index (χ1n) is 3.04. The summed E-state index contributed by atoms with van der Waals surface area (Å²) >= 11 is 5.42. The van der Waals surface area contributed by atoms with E-state index in [1.165, 1.54) is 5.48 Å². The van der Waals surface area contributed by atoms with Gasteiger partial charge in [-0.25, -0.2) is 5.48 Å². The van der Waals surface area contributed by atoms with Crippen molar-refractivity contribution in [3.05, 3.63) is 0 Å². The number of carbonyl (C=O) groups is 2. The number of carboxylic acid groups (broad SMARTS) is 1. The summed E-state index contributed by atoms with van der Waals surface area (Å²) in [4.78, 5) is 20.7. The molecular formula is C5H9ClN2O4. The summed E-state index contributed by atoms with van der Waals surface area (Å²) in [7, 11) is 0. The van der Waals surface area contributed by atoms with Crippen LogP contribution in [0, 0.1) is 0 Å². The normalized spacial score (nSPS) is 14.9. The molecule has 7 heteroatoms. The van der Waals surface area contributed by atoms with Gasteiger partial charge in [0.1, 0.15) is 6.04 Å². The minimum Gasteiger partial charge on any atom is -0.481 e. The standard InChI is InChI=1S/C5H9ClN2O4/c6-2(1-3(9)10)4(7)5(11)8-12/h2,4,12H,1,7H2,(H,8,11)(H,9,10). The van der Waals surface area contributed by atoms with Crippen molar-refractivity contribution in [1.82, 2.24) is 5.48 Å². The molecule has 0 heterocycles. The van der Waals surface area contributed by atoms with E-state index in [0.29, 0.717) is 0 Å². The number of nitrogens with two attached hydrogens (primary N) is 1. The zero-order chi connectivity index (χ0) is 9.72. The van der Waals surface area contributed by atoms with Crippen molar-refractivity contribution in [1.29, 1.82) is 0 Å². The lowest BCUT2D eigenvalue weighted by molar-refractivity contribution is -0.137. The molecule has 6 nitrogen and oxygen atoms in total. The van der Waals surface area contributed by atoms with Crippen LogP contribution in [0.2, 0.25) is 0 Å². The molecule has 0 saturated carbocycles. The van der Waals surface area contributed by atoms with Crippen LogP contribution in [0.5, 0.6) is 0 Å². The predicted octanol–water partition coefficient (Wildman–Crippen LogP) is -1.10. The zero-order valence-corrected chi connectivity index (χ0v) is 6.78. The van der Waals surface area contributed by atoms with Crippen LogP contribution in [0.3, 0.4) is 0 Å². The number of carbonyl (C=O) groups excluding carboxylic acids is 1. The van der Waals surface area contributed by atoms with Gasteiger partial charge in [-0.15, -0.1) is 11.6 Å². The molecule has 0 aromatic carbocycles. The summed E-state index contributed by atoms with van der Waals surface area (Å²) in [6.45, 7) is 0. The molecule has 0 bridgehead atoms. The number of aliphatic carboxylic acids is 1. The van der Waals surface area contributed by atoms with Gasteiger partial charge in [-0.2, -0.15) is 0 Å². The second kappa shape index (κ2) is 4.91. The SMILES string of the molecule is NC(C(=O)NO)C(Cl)CC(=O)O. The molecule has 12 heavy (non-hydrogen) atoms. The molecule has 0 aliphatic heterocycles. The van der Waals surface area contributed by atoms with Gasteiger partial charge in [-0.3, -0.25) is 14.8 Å². The van der Waals surface area contributed by atoms with Crippen molar-refractivity contribution in [2.45, 2.75) is 17.8 Å². The molecule has 2 atom stereocenters. The lowest BCUT2D eigenvalue weighted by atomic mass is 10.1. The largest absolute Gasteiger partial charge is 0.481 e. The fraction of sp³-hybridized carbons (Fsp3) is 0.600. The Kier molecular flexibility index (Phi) is 4.57. The quantitative estimate of drug-likeness (QED) is 0.259. The first-order chi connectivity index (χ1) is 5.49. The topological polar surface area (TPSA) is 113 Å². The molecular weight excluding hydrogens is 188 g/mol. The Morgan fingerprint density at radius 1 is 1.58 bits per heavy atom. The van der Waals surface area contributed by atoms with Crippen molar-refractivity contribution in [2.75, 3.05) is 0 Å². The molecule has 5 N–H and O–H groups in total. The highest BCUT2D eigenvalue weighted by molar-refractivity contribution is 6.23. The first-order valence-corrected chi connectivity index (χ1v) is 3.48. The Hall–Kier alpha value is -0.850. The third kappa shape index (κ3) is 3.51. The highest BCUT2D eigenvalue weighted by atomic mass is 35.5. The summed E-state index contributed by atoms with van der Waals surface area (Å²) in [6, 6.07) is -1.23. The average molecular weight is 197 g/mol. The summed E-state index contributed by atoms with van der Waals surface area (Å²) in [5.41, 5.74) is 6.43. The molecule has 0 aliphatic carbocycles. The number of alkyl halides is 1. The van der Waals surface area contributed by atoms with Gasteiger partial charge in [-0.05, 0) is 0 Å². The van der Waals surface area contributed by atoms with Crippen molar-refractivity contribution in [2.24, 2.45) is 5.73 Å². The second-order valence-corrected chi connectivity index (χ2v) is 2.68. The van der Waals surface area contributed by atoms with E-state index >= 15 is 0 Å². The van der Waals surface area contributed by atoms with Crippen LogP contribution in [0.25, 0.3) is 0 Å². The molecule has 0 aromatic rings. The number of hydrogen-bond donors (Lipinski definition) is 4. The van der Waals surface area contributed by atoms with E-state index in [2.05, 4.69) is 0 Å². The molecule has 0 radical (unpaired) electrons. The van der Waals surface area contributed by atoms with E-state index in [4.69, 9.17) is 27.6 Å². The summed E-state index contributed by atoms with van der Waals surface area (Å²) in [5, 5.41) is 15.3. The Morgan fingerprint density at radius 2 is 2.08 bits per heavy atom. The number of carboxylic acids is 1. The Labute approximate surface area is 73.3 Å². The van der Waals surface area contributed by atoms with Gasteiger partial charge in [0.2, 0.25) is 0 Å². The zero-order valence-electron chi connectivity index (χ0n) is 6.03. The second-order valence-electron chi connectivity index (χ2n) is 2.12. The Morgan fingerprint density at radius 3 is 2.42 bits per heavy atom. The Bertz CT molecular complexity index is 186. The number of hydrogen-bond acceptors (Lipinski definition) is 4. The van der Waals surface area contributed by atoms with Crippen LogP contribution < -0.4 is 11.2 Å². The lowest BCUT2D eigenvalue weighted by Gasteiger charge is -2.13. The number of hydroxylamine groups is 1. The highest BCUT2D eigenvalue weighted by Crippen LogP contribution is 2.05. The molecule has 0 saturated heterocycles. The maximum absolute atomic E-state index is 10.6. The molecule has 0 spiro atoms. The molecule has 2 unspecified atom stereocenters. The highest BCUT2D eigenvalue weighted by Gasteiger charge is 2.24. The van der Waals surface area contributed by atoms with Gasteiger partial charge >= 0.3 is 5.97 Å². The van der Waals surface area contributed by atoms with Crippen LogP contribution in [0.15, 0.2) is 0 Å². The van der Waals surface area contributed by atoms with E-state index in [9.17, 15) is 9.59 Å². The molecule has 0 aromatic heterocycles. The molecule has 0 fully saturated rings. The van der Waals surface area contributed by atoms with Gasteiger partial charge in [-0.1, -0.05) is 0 Å². The van der Waals surface area contributed by atoms with Crippen molar-refractivity contribution in [3.63, 3.8) is 0 Å². The van der Waals surface area contributed by atoms with Crippen LogP contribution in [0.4, 0.5) is 0 Å². The van der Waals surface area contributed by atoms with Crippen LogP contribution in [-0.4, -0.2) is 33.6 Å². The molecule has 70 valence electrons. The monoisotopic (exact) mass is 196 g/mol. The third-order valence-electron chi connectivity index (χ3n) is 1.17. The fourth-order valence-corrected chi connectivity index (χ4v) is 0.779. The van der Waals surface area contributed by atoms with Gasteiger partial charge in [0.25, 0.3) is 5.91 Å². The van der Waals surface area contributed by atoms with Crippen molar-refractivity contribution >= 4 is 23.5 Å². The van der Waals surface area contributed by atoms with E-state index < -0.39 is 29.7 Å². The summed E-state index contributed by atoms with van der Waals surface area (Å²) < 4.78 is 0. The minimum atomic E-state index is -1.23. The molecule has 0 rings (SSSR count). The van der Waals surface area contributed by atoms with Gasteiger partial charge in [0.15, 0.2) is 0 Å². The maximum Gasteiger partial charge on any atom is 0.304 e. The van der Waals surface area contributed by atoms with E-state index in [1.54, 1.807) is 0 Å². The van der Waals surface area contributed by atoms with Gasteiger partial charge in [0, 0.05) is 0 Å². The van der Waals surface area contributed by atoms with Crippen LogP contribution >= 0.6 is 11.6 Å². The number of rotatable bonds is 4.